The van der Waals surface area contributed by atoms with Crippen molar-refractivity contribution < 1.29 is 4.74 Å². The largest absolute Gasteiger partial charge is 0.504 e. The van der Waals surface area contributed by atoms with Gasteiger partial charge in [0.1, 0.15) is 0 Å². The fourth-order valence-electron chi connectivity index (χ4n) is 3.93. The van der Waals surface area contributed by atoms with E-state index in [1.54, 1.807) is 7.11 Å². The molecule has 20 heavy (non-hydrogen) atoms. The summed E-state index contributed by atoms with van der Waals surface area (Å²) in [6.45, 7) is 1.16. The number of para-hydroxylation sites is 1. The van der Waals surface area contributed by atoms with E-state index in [0.717, 1.165) is 6.54 Å². The summed E-state index contributed by atoms with van der Waals surface area (Å²) in [6.07, 6.45) is 4.37. The molecular formula is C17H20N2O. The van der Waals surface area contributed by atoms with Gasteiger partial charge < -0.3 is 9.72 Å². The van der Waals surface area contributed by atoms with Crippen LogP contribution in [0.3, 0.4) is 0 Å². The lowest BCUT2D eigenvalue weighted by atomic mass is 9.75. The molecule has 2 aliphatic rings. The van der Waals surface area contributed by atoms with Crippen LogP contribution in [0.1, 0.15) is 30.1 Å². The number of hydrogen-bond acceptors (Lipinski definition) is 2. The van der Waals surface area contributed by atoms with Crippen molar-refractivity contribution in [1.29, 1.82) is 0 Å². The molecule has 0 spiro atoms. The van der Waals surface area contributed by atoms with Crippen LogP contribution in [0.15, 0.2) is 30.5 Å². The van der Waals surface area contributed by atoms with Gasteiger partial charge in [-0.1, -0.05) is 18.2 Å². The average molecular weight is 268 g/mol. The molecule has 2 heterocycles. The quantitative estimate of drug-likeness (QED) is 0.801. The summed E-state index contributed by atoms with van der Waals surface area (Å²) in [7, 11) is 3.99. The van der Waals surface area contributed by atoms with Crippen molar-refractivity contribution >= 4 is 16.5 Å². The van der Waals surface area contributed by atoms with Crippen LogP contribution in [0.2, 0.25) is 0 Å². The Labute approximate surface area is 119 Å². The maximum absolute atomic E-state index is 5.36. The highest BCUT2D eigenvalue weighted by atomic mass is 16.5. The number of nitrogens with one attached hydrogen (secondary N) is 1. The van der Waals surface area contributed by atoms with Crippen LogP contribution in [0.25, 0.3) is 16.5 Å². The second-order valence-electron chi connectivity index (χ2n) is 5.99. The molecule has 2 bridgehead atoms. The molecule has 1 aromatic heterocycles. The van der Waals surface area contributed by atoms with Gasteiger partial charge >= 0.3 is 0 Å². The summed E-state index contributed by atoms with van der Waals surface area (Å²) < 4.78 is 5.36. The van der Waals surface area contributed by atoms with Gasteiger partial charge in [-0.2, -0.15) is 0 Å². The Morgan fingerprint density at radius 2 is 2.20 bits per heavy atom. The lowest BCUT2D eigenvalue weighted by molar-refractivity contribution is 0.157. The number of likely N-dealkylation sites (tertiary alicyclic amines) is 1. The number of ether oxygens (including phenoxy) is 1. The zero-order valence-electron chi connectivity index (χ0n) is 12.0. The lowest BCUT2D eigenvalue weighted by Crippen LogP contribution is -2.37. The normalized spacial score (nSPS) is 27.8. The van der Waals surface area contributed by atoms with Gasteiger partial charge in [-0.3, -0.25) is 4.90 Å². The number of benzene rings is 1. The first kappa shape index (κ1) is 12.0. The third-order valence-corrected chi connectivity index (χ3v) is 4.92. The molecule has 0 amide bonds. The Hall–Kier alpha value is -1.74. The topological polar surface area (TPSA) is 28.3 Å². The first-order valence-corrected chi connectivity index (χ1v) is 7.33. The number of piperidine rings is 1. The zero-order chi connectivity index (χ0) is 13.7. The van der Waals surface area contributed by atoms with E-state index in [1.807, 2.05) is 6.26 Å². The maximum atomic E-state index is 5.36. The summed E-state index contributed by atoms with van der Waals surface area (Å²) in [5.74, 6) is 0.622. The van der Waals surface area contributed by atoms with Crippen LogP contribution < -0.4 is 0 Å². The van der Waals surface area contributed by atoms with E-state index in [1.165, 1.54) is 40.6 Å². The van der Waals surface area contributed by atoms with E-state index in [-0.39, 0.29) is 0 Å². The SMILES string of the molecule is CO/C=C1/c2[nH]c3ccccc3c2[C@H]2C[C@@H]1CCN2C. The molecular weight excluding hydrogens is 248 g/mol. The van der Waals surface area contributed by atoms with Gasteiger partial charge in [0, 0.05) is 28.1 Å². The Morgan fingerprint density at radius 3 is 3.05 bits per heavy atom. The second-order valence-corrected chi connectivity index (χ2v) is 5.99. The van der Waals surface area contributed by atoms with Gasteiger partial charge in [0.15, 0.2) is 0 Å². The van der Waals surface area contributed by atoms with Crippen LogP contribution in [0, 0.1) is 5.92 Å². The van der Waals surface area contributed by atoms with Gasteiger partial charge in [0.25, 0.3) is 0 Å². The predicted molar refractivity (Wildman–Crippen MR) is 81.4 cm³/mol. The number of fused-ring (bicyclic) bond motifs is 6. The van der Waals surface area contributed by atoms with Crippen molar-refractivity contribution in [2.45, 2.75) is 18.9 Å². The summed E-state index contributed by atoms with van der Waals surface area (Å²) in [5, 5.41) is 1.36. The van der Waals surface area contributed by atoms with Crippen LogP contribution in [-0.2, 0) is 4.74 Å². The van der Waals surface area contributed by atoms with Crippen LogP contribution >= 0.6 is 0 Å². The second kappa shape index (κ2) is 4.38. The van der Waals surface area contributed by atoms with E-state index >= 15 is 0 Å². The third-order valence-electron chi connectivity index (χ3n) is 4.92. The first-order chi connectivity index (χ1) is 9.79. The molecule has 2 aromatic rings. The summed E-state index contributed by atoms with van der Waals surface area (Å²) >= 11 is 0. The molecule has 104 valence electrons. The summed E-state index contributed by atoms with van der Waals surface area (Å²) in [6, 6.07) is 9.17. The third kappa shape index (κ3) is 1.56. The van der Waals surface area contributed by atoms with Gasteiger partial charge in [-0.15, -0.1) is 0 Å². The molecule has 1 aliphatic carbocycles. The van der Waals surface area contributed by atoms with E-state index in [9.17, 15) is 0 Å². The standard InChI is InChI=1S/C17H20N2O/c1-19-8-7-11-9-15(19)16-12-5-3-4-6-14(12)18-17(16)13(11)10-20-2/h3-6,10-11,15,18H,7-9H2,1-2H3/b13-10+/t11-,15+/m0/s1. The van der Waals surface area contributed by atoms with Crippen LogP contribution in [0.4, 0.5) is 0 Å². The number of methoxy groups -OCH3 is 1. The Balaban J connectivity index is 2.01. The number of rotatable bonds is 1. The summed E-state index contributed by atoms with van der Waals surface area (Å²) in [4.78, 5) is 6.12. The fourth-order valence-corrected chi connectivity index (χ4v) is 3.93. The fraction of sp³-hybridized carbons (Fsp3) is 0.412. The highest BCUT2D eigenvalue weighted by molar-refractivity contribution is 5.91. The van der Waals surface area contributed by atoms with Crippen molar-refractivity contribution in [1.82, 2.24) is 9.88 Å². The number of allylic oxidation sites excluding steroid dienone is 1. The molecule has 0 unspecified atom stereocenters. The lowest BCUT2D eigenvalue weighted by Gasteiger charge is -2.42. The van der Waals surface area contributed by atoms with E-state index in [2.05, 4.69) is 41.2 Å². The molecule has 0 saturated carbocycles. The van der Waals surface area contributed by atoms with Crippen molar-refractivity contribution in [3.63, 3.8) is 0 Å². The number of nitrogens with zero attached hydrogens (tertiary/aromatic N) is 1. The number of aromatic amines is 1. The average Bonchev–Trinajstić information content (AvgIpc) is 2.85. The highest BCUT2D eigenvalue weighted by Crippen LogP contribution is 2.49. The van der Waals surface area contributed by atoms with E-state index < -0.39 is 0 Å². The minimum Gasteiger partial charge on any atom is -0.504 e. The van der Waals surface area contributed by atoms with Gasteiger partial charge in [-0.05, 0) is 38.4 Å². The molecule has 3 nitrogen and oxygen atoms in total. The van der Waals surface area contributed by atoms with Crippen LogP contribution in [0.5, 0.6) is 0 Å². The Morgan fingerprint density at radius 1 is 1.35 bits per heavy atom. The van der Waals surface area contributed by atoms with Gasteiger partial charge in [0.05, 0.1) is 19.1 Å². The molecule has 1 N–H and O–H groups in total. The van der Waals surface area contributed by atoms with E-state index in [4.69, 9.17) is 4.74 Å². The first-order valence-electron chi connectivity index (χ1n) is 7.33. The van der Waals surface area contributed by atoms with Gasteiger partial charge in [-0.25, -0.2) is 0 Å². The molecule has 2 atom stereocenters. The van der Waals surface area contributed by atoms with Crippen LogP contribution in [-0.4, -0.2) is 30.6 Å². The van der Waals surface area contributed by atoms with Crippen molar-refractivity contribution in [2.24, 2.45) is 5.92 Å². The molecule has 1 saturated heterocycles. The van der Waals surface area contributed by atoms with Crippen molar-refractivity contribution in [3.8, 4) is 0 Å². The molecule has 1 aliphatic heterocycles. The van der Waals surface area contributed by atoms with E-state index in [0.29, 0.717) is 12.0 Å². The number of H-pyrrole nitrogens is 1. The minimum atomic E-state index is 0.536. The maximum Gasteiger partial charge on any atom is 0.0880 e. The number of aromatic nitrogens is 1. The van der Waals surface area contributed by atoms with Gasteiger partial charge in [0.2, 0.25) is 0 Å². The monoisotopic (exact) mass is 268 g/mol. The molecule has 4 rings (SSSR count). The van der Waals surface area contributed by atoms with Crippen molar-refractivity contribution in [3.05, 3.63) is 41.8 Å². The van der Waals surface area contributed by atoms with Crippen molar-refractivity contribution in [2.75, 3.05) is 20.7 Å². The highest BCUT2D eigenvalue weighted by Gasteiger charge is 2.39. The summed E-state index contributed by atoms with van der Waals surface area (Å²) in [5.41, 5.74) is 5.34. The Bertz CT molecular complexity index is 685. The minimum absolute atomic E-state index is 0.536. The molecule has 1 aromatic carbocycles. The predicted octanol–water partition coefficient (Wildman–Crippen LogP) is 3.55. The number of hydrogen-bond donors (Lipinski definition) is 1. The zero-order valence-corrected chi connectivity index (χ0v) is 12.0. The smallest absolute Gasteiger partial charge is 0.0880 e. The molecule has 1 fully saturated rings. The molecule has 3 heteroatoms. The Kier molecular flexibility index (Phi) is 2.64. The molecule has 0 radical (unpaired) electrons.